The average molecular weight is 389 g/mol. The fourth-order valence-corrected chi connectivity index (χ4v) is 3.51. The van der Waals surface area contributed by atoms with Crippen LogP contribution in [0.4, 0.5) is 0 Å². The van der Waals surface area contributed by atoms with Gasteiger partial charge in [-0.25, -0.2) is 0 Å². The molecule has 0 rings (SSSR count). The van der Waals surface area contributed by atoms with Gasteiger partial charge in [0.15, 0.2) is 0 Å². The first-order valence-electron chi connectivity index (χ1n) is 12.4. The van der Waals surface area contributed by atoms with Crippen LogP contribution in [0.1, 0.15) is 156 Å². The van der Waals surface area contributed by atoms with E-state index in [0.717, 1.165) is 5.88 Å². The van der Waals surface area contributed by atoms with Crippen LogP contribution in [0.2, 0.25) is 0 Å². The Morgan fingerprint density at radius 2 is 0.500 bits per heavy atom. The van der Waals surface area contributed by atoms with Gasteiger partial charge in [0.2, 0.25) is 0 Å². The lowest BCUT2D eigenvalue weighted by molar-refractivity contribution is 0.526. The predicted octanol–water partition coefficient (Wildman–Crippen LogP) is 10.5. The van der Waals surface area contributed by atoms with E-state index >= 15 is 0 Å². The maximum absolute atomic E-state index is 5.38. The van der Waals surface area contributed by atoms with Crippen LogP contribution in [0.25, 0.3) is 0 Å². The summed E-state index contributed by atoms with van der Waals surface area (Å²) < 4.78 is 0. The molecule has 0 fully saturated rings. The summed E-state index contributed by atoms with van der Waals surface area (Å²) in [5.74, 6) is 0.827. The lowest BCUT2D eigenvalue weighted by atomic mass is 10.0. The van der Waals surface area contributed by atoms with Crippen LogP contribution in [0.15, 0.2) is 0 Å². The van der Waals surface area contributed by atoms with Crippen molar-refractivity contribution in [3.05, 3.63) is 0 Å². The van der Waals surface area contributed by atoms with E-state index in [4.69, 9.17) is 11.6 Å². The number of alkyl halides is 1. The standard InChI is InChI=1S/C20H42.C5H11Cl/c1-3-5-7-9-11-13-15-17-19-20-18-16-14-12-10-8-6-4-2;1-2-3-4-5-6/h3-20H2,1-2H3;2-5H2,1H3. The Hall–Kier alpha value is 0.290. The highest BCUT2D eigenvalue weighted by Crippen LogP contribution is 2.14. The Kier molecular flexibility index (Phi) is 32.9. The van der Waals surface area contributed by atoms with Gasteiger partial charge in [-0.2, -0.15) is 0 Å². The first-order chi connectivity index (χ1) is 12.8. The highest BCUT2D eigenvalue weighted by Gasteiger charge is 1.94. The van der Waals surface area contributed by atoms with Gasteiger partial charge in [0.05, 0.1) is 0 Å². The Bertz CT molecular complexity index is 180. The van der Waals surface area contributed by atoms with Crippen LogP contribution < -0.4 is 0 Å². The van der Waals surface area contributed by atoms with Crippen molar-refractivity contribution in [2.45, 2.75) is 156 Å². The van der Waals surface area contributed by atoms with E-state index in [2.05, 4.69) is 20.8 Å². The number of halogens is 1. The molecule has 0 saturated carbocycles. The Labute approximate surface area is 173 Å². The van der Waals surface area contributed by atoms with Crippen molar-refractivity contribution in [3.8, 4) is 0 Å². The molecular formula is C25H53Cl. The molecular weight excluding hydrogens is 336 g/mol. The van der Waals surface area contributed by atoms with Gasteiger partial charge in [-0.1, -0.05) is 149 Å². The fraction of sp³-hybridized carbons (Fsp3) is 1.00. The highest BCUT2D eigenvalue weighted by molar-refractivity contribution is 6.17. The molecule has 0 heterocycles. The third-order valence-electron chi connectivity index (χ3n) is 5.19. The molecule has 26 heavy (non-hydrogen) atoms. The first kappa shape index (κ1) is 28.5. The molecule has 0 aromatic rings. The summed E-state index contributed by atoms with van der Waals surface area (Å²) >= 11 is 5.38. The molecule has 0 aliphatic rings. The van der Waals surface area contributed by atoms with Crippen LogP contribution in [0.5, 0.6) is 0 Å². The normalized spacial score (nSPS) is 10.6. The van der Waals surface area contributed by atoms with Crippen LogP contribution >= 0.6 is 11.6 Å². The molecule has 160 valence electrons. The van der Waals surface area contributed by atoms with Gasteiger partial charge in [0.1, 0.15) is 0 Å². The van der Waals surface area contributed by atoms with Crippen molar-refractivity contribution in [1.29, 1.82) is 0 Å². The molecule has 0 unspecified atom stereocenters. The number of hydrogen-bond acceptors (Lipinski definition) is 0. The second kappa shape index (κ2) is 30.0. The smallest absolute Gasteiger partial charge is 0.0223 e. The van der Waals surface area contributed by atoms with Crippen molar-refractivity contribution in [1.82, 2.24) is 0 Å². The second-order valence-corrected chi connectivity index (χ2v) is 8.43. The largest absolute Gasteiger partial charge is 0.127 e. The van der Waals surface area contributed by atoms with Gasteiger partial charge < -0.3 is 0 Å². The molecule has 0 N–H and O–H groups in total. The van der Waals surface area contributed by atoms with Crippen molar-refractivity contribution < 1.29 is 0 Å². The minimum absolute atomic E-state index is 0.827. The van der Waals surface area contributed by atoms with Crippen LogP contribution in [0.3, 0.4) is 0 Å². The zero-order chi connectivity index (χ0) is 19.6. The Morgan fingerprint density at radius 3 is 0.654 bits per heavy atom. The van der Waals surface area contributed by atoms with Gasteiger partial charge >= 0.3 is 0 Å². The van der Waals surface area contributed by atoms with Crippen molar-refractivity contribution >= 4 is 11.6 Å². The molecule has 0 aromatic carbocycles. The minimum atomic E-state index is 0.827. The molecule has 0 spiro atoms. The van der Waals surface area contributed by atoms with E-state index in [1.807, 2.05) is 0 Å². The van der Waals surface area contributed by atoms with E-state index < -0.39 is 0 Å². The summed E-state index contributed by atoms with van der Waals surface area (Å²) in [6.45, 7) is 6.77. The Balaban J connectivity index is 0. The number of unbranched alkanes of at least 4 members (excludes halogenated alkanes) is 19. The average Bonchev–Trinajstić information content (AvgIpc) is 2.66. The molecule has 0 aliphatic heterocycles. The molecule has 0 atom stereocenters. The van der Waals surface area contributed by atoms with E-state index in [-0.39, 0.29) is 0 Å². The molecule has 0 radical (unpaired) electrons. The third-order valence-corrected chi connectivity index (χ3v) is 5.46. The highest BCUT2D eigenvalue weighted by atomic mass is 35.5. The van der Waals surface area contributed by atoms with E-state index in [1.54, 1.807) is 0 Å². The molecule has 0 amide bonds. The maximum Gasteiger partial charge on any atom is 0.0223 e. The molecule has 0 aromatic heterocycles. The maximum atomic E-state index is 5.38. The molecule has 0 nitrogen and oxygen atoms in total. The van der Waals surface area contributed by atoms with E-state index in [0.29, 0.717) is 0 Å². The quantitative estimate of drug-likeness (QED) is 0.143. The number of hydrogen-bond donors (Lipinski definition) is 0. The van der Waals surface area contributed by atoms with Gasteiger partial charge in [-0.05, 0) is 6.42 Å². The van der Waals surface area contributed by atoms with Crippen molar-refractivity contribution in [2.75, 3.05) is 5.88 Å². The molecule has 1 heteroatoms. The van der Waals surface area contributed by atoms with Crippen molar-refractivity contribution in [2.24, 2.45) is 0 Å². The summed E-state index contributed by atoms with van der Waals surface area (Å²) in [4.78, 5) is 0. The zero-order valence-electron chi connectivity index (χ0n) is 18.9. The molecule has 0 saturated heterocycles. The van der Waals surface area contributed by atoms with Crippen LogP contribution in [-0.4, -0.2) is 5.88 Å². The summed E-state index contributed by atoms with van der Waals surface area (Å²) in [5.41, 5.74) is 0. The lowest BCUT2D eigenvalue weighted by Crippen LogP contribution is -1.83. The predicted molar refractivity (Wildman–Crippen MR) is 125 cm³/mol. The summed E-state index contributed by atoms with van der Waals surface area (Å²) in [6, 6.07) is 0. The van der Waals surface area contributed by atoms with Crippen LogP contribution in [0, 0.1) is 0 Å². The lowest BCUT2D eigenvalue weighted by Gasteiger charge is -2.03. The SMILES string of the molecule is CCCCCCCCCCCCCCCCCCCC.CCCCCCl. The second-order valence-electron chi connectivity index (χ2n) is 8.05. The molecule has 0 bridgehead atoms. The van der Waals surface area contributed by atoms with E-state index in [1.165, 1.54) is 135 Å². The summed E-state index contributed by atoms with van der Waals surface area (Å²) in [5, 5.41) is 0. The fourth-order valence-electron chi connectivity index (χ4n) is 3.32. The summed E-state index contributed by atoms with van der Waals surface area (Å²) in [6.07, 6.45) is 30.1. The van der Waals surface area contributed by atoms with Gasteiger partial charge in [0, 0.05) is 5.88 Å². The van der Waals surface area contributed by atoms with Gasteiger partial charge in [0.25, 0.3) is 0 Å². The Morgan fingerprint density at radius 1 is 0.308 bits per heavy atom. The summed E-state index contributed by atoms with van der Waals surface area (Å²) in [7, 11) is 0. The molecule has 0 aliphatic carbocycles. The van der Waals surface area contributed by atoms with E-state index in [9.17, 15) is 0 Å². The zero-order valence-corrected chi connectivity index (χ0v) is 19.7. The van der Waals surface area contributed by atoms with Crippen LogP contribution in [-0.2, 0) is 0 Å². The monoisotopic (exact) mass is 388 g/mol. The number of rotatable bonds is 20. The first-order valence-corrected chi connectivity index (χ1v) is 12.9. The topological polar surface area (TPSA) is 0 Å². The van der Waals surface area contributed by atoms with Gasteiger partial charge in [-0.3, -0.25) is 0 Å². The third kappa shape index (κ3) is 32.0. The van der Waals surface area contributed by atoms with Crippen molar-refractivity contribution in [3.63, 3.8) is 0 Å². The minimum Gasteiger partial charge on any atom is -0.127 e. The van der Waals surface area contributed by atoms with Gasteiger partial charge in [-0.15, -0.1) is 11.6 Å².